The minimum absolute atomic E-state index is 0.0429. The fourth-order valence-corrected chi connectivity index (χ4v) is 5.48. The smallest absolute Gasteiger partial charge is 0.338 e. The maximum Gasteiger partial charge on any atom is 0.338 e. The fraction of sp³-hybridized carbons (Fsp3) is 0.261. The van der Waals surface area contributed by atoms with Gasteiger partial charge in [-0.1, -0.05) is 29.8 Å². The molecule has 0 saturated carbocycles. The lowest BCUT2D eigenvalue weighted by Gasteiger charge is -2.22. The standard InChI is InChI=1S/C23H22FNO4S/c1-15-3-9-20(10-4-15)30(27,28)25-13-17-11-21(16-5-7-19(24)8-6-16)22(23(26)29-2)12-18(17)14-25/h3-10,12,17H,11,13-14H2,1-2H3/t17-/m1/s1. The maximum absolute atomic E-state index is 13.4. The Labute approximate surface area is 175 Å². The molecule has 7 heteroatoms. The Morgan fingerprint density at radius 2 is 1.77 bits per heavy atom. The molecule has 0 amide bonds. The molecular formula is C23H22FNO4S. The van der Waals surface area contributed by atoms with Crippen LogP contribution in [0.2, 0.25) is 0 Å². The van der Waals surface area contributed by atoms with Gasteiger partial charge in [0.05, 0.1) is 17.6 Å². The molecule has 1 heterocycles. The number of rotatable bonds is 4. The Bertz CT molecular complexity index is 1150. The van der Waals surface area contributed by atoms with E-state index >= 15 is 0 Å². The van der Waals surface area contributed by atoms with Crippen LogP contribution in [0.25, 0.3) is 5.57 Å². The zero-order valence-electron chi connectivity index (χ0n) is 16.8. The Kier molecular flexibility index (Phi) is 5.34. The van der Waals surface area contributed by atoms with Crippen molar-refractivity contribution in [1.29, 1.82) is 0 Å². The van der Waals surface area contributed by atoms with Crippen LogP contribution in [0.4, 0.5) is 4.39 Å². The van der Waals surface area contributed by atoms with Crippen molar-refractivity contribution in [2.24, 2.45) is 5.92 Å². The van der Waals surface area contributed by atoms with Crippen LogP contribution in [-0.2, 0) is 19.6 Å². The van der Waals surface area contributed by atoms with Crippen LogP contribution < -0.4 is 0 Å². The predicted octanol–water partition coefficient (Wildman–Crippen LogP) is 3.71. The monoisotopic (exact) mass is 427 g/mol. The summed E-state index contributed by atoms with van der Waals surface area (Å²) < 4.78 is 46.0. The maximum atomic E-state index is 13.4. The number of carbonyl (C=O) groups is 1. The molecule has 0 N–H and O–H groups in total. The van der Waals surface area contributed by atoms with E-state index in [2.05, 4.69) is 0 Å². The number of aryl methyl sites for hydroxylation is 1. The van der Waals surface area contributed by atoms with Crippen LogP contribution in [0, 0.1) is 18.7 Å². The molecule has 0 bridgehead atoms. The molecule has 1 aliphatic carbocycles. The summed E-state index contributed by atoms with van der Waals surface area (Å²) in [5.74, 6) is -0.888. The molecule has 156 valence electrons. The number of hydrogen-bond acceptors (Lipinski definition) is 4. The molecule has 30 heavy (non-hydrogen) atoms. The fourth-order valence-electron chi connectivity index (χ4n) is 4.01. The van der Waals surface area contributed by atoms with Gasteiger partial charge in [-0.3, -0.25) is 0 Å². The quantitative estimate of drug-likeness (QED) is 0.698. The van der Waals surface area contributed by atoms with Crippen molar-refractivity contribution < 1.29 is 22.3 Å². The summed E-state index contributed by atoms with van der Waals surface area (Å²) in [5, 5.41) is 0. The first-order valence-corrected chi connectivity index (χ1v) is 11.1. The summed E-state index contributed by atoms with van der Waals surface area (Å²) in [7, 11) is -2.33. The Balaban J connectivity index is 1.66. The highest BCUT2D eigenvalue weighted by molar-refractivity contribution is 7.89. The summed E-state index contributed by atoms with van der Waals surface area (Å²) in [5.41, 5.74) is 3.74. The number of benzene rings is 2. The zero-order valence-corrected chi connectivity index (χ0v) is 17.6. The van der Waals surface area contributed by atoms with Crippen LogP contribution in [0.5, 0.6) is 0 Å². The molecule has 5 nitrogen and oxygen atoms in total. The Morgan fingerprint density at radius 3 is 2.40 bits per heavy atom. The number of carbonyl (C=O) groups excluding carboxylic acids is 1. The lowest BCUT2D eigenvalue weighted by atomic mass is 9.82. The number of nitrogens with zero attached hydrogens (tertiary/aromatic N) is 1. The first-order valence-electron chi connectivity index (χ1n) is 9.64. The van der Waals surface area contributed by atoms with Crippen molar-refractivity contribution in [3.05, 3.63) is 82.7 Å². The van der Waals surface area contributed by atoms with E-state index in [9.17, 15) is 17.6 Å². The zero-order chi connectivity index (χ0) is 21.5. The SMILES string of the molecule is COC(=O)C1=C(c2ccc(F)cc2)C[C@@H]2CN(S(=O)(=O)c3ccc(C)cc3)CC2=C1. The van der Waals surface area contributed by atoms with E-state index in [-0.39, 0.29) is 23.2 Å². The van der Waals surface area contributed by atoms with E-state index in [1.54, 1.807) is 42.5 Å². The van der Waals surface area contributed by atoms with Gasteiger partial charge in [0.15, 0.2) is 0 Å². The Morgan fingerprint density at radius 1 is 1.10 bits per heavy atom. The molecule has 1 fully saturated rings. The molecule has 2 aromatic rings. The number of allylic oxidation sites excluding steroid dienone is 1. The Hall–Kier alpha value is -2.77. The molecule has 0 unspecified atom stereocenters. The van der Waals surface area contributed by atoms with E-state index in [1.807, 2.05) is 6.92 Å². The second-order valence-electron chi connectivity index (χ2n) is 7.62. The molecule has 1 atom stereocenters. The van der Waals surface area contributed by atoms with Gasteiger partial charge in [0.1, 0.15) is 5.82 Å². The van der Waals surface area contributed by atoms with Crippen LogP contribution in [0.15, 0.2) is 70.6 Å². The number of hydrogen-bond donors (Lipinski definition) is 0. The van der Waals surface area contributed by atoms with Crippen LogP contribution >= 0.6 is 0 Å². The van der Waals surface area contributed by atoms with Gasteiger partial charge < -0.3 is 4.74 Å². The minimum atomic E-state index is -3.64. The third-order valence-electron chi connectivity index (χ3n) is 5.67. The second kappa shape index (κ2) is 7.81. The number of ether oxygens (including phenoxy) is 1. The first kappa shape index (κ1) is 20.5. The van der Waals surface area contributed by atoms with E-state index < -0.39 is 16.0 Å². The van der Waals surface area contributed by atoms with E-state index in [0.29, 0.717) is 18.5 Å². The van der Waals surface area contributed by atoms with Gasteiger partial charge in [0.2, 0.25) is 10.0 Å². The molecule has 4 rings (SSSR count). The van der Waals surface area contributed by atoms with Crippen molar-refractivity contribution in [3.8, 4) is 0 Å². The molecule has 0 radical (unpaired) electrons. The van der Waals surface area contributed by atoms with Gasteiger partial charge in [-0.05, 0) is 66.3 Å². The van der Waals surface area contributed by atoms with Crippen LogP contribution in [-0.4, -0.2) is 38.9 Å². The van der Waals surface area contributed by atoms with Crippen molar-refractivity contribution in [2.75, 3.05) is 20.2 Å². The predicted molar refractivity (Wildman–Crippen MR) is 111 cm³/mol. The van der Waals surface area contributed by atoms with Gasteiger partial charge in [-0.2, -0.15) is 4.31 Å². The topological polar surface area (TPSA) is 63.7 Å². The summed E-state index contributed by atoms with van der Waals surface area (Å²) >= 11 is 0. The molecule has 2 aliphatic rings. The van der Waals surface area contributed by atoms with Crippen molar-refractivity contribution in [1.82, 2.24) is 4.31 Å². The molecular weight excluding hydrogens is 405 g/mol. The largest absolute Gasteiger partial charge is 0.465 e. The van der Waals surface area contributed by atoms with Gasteiger partial charge >= 0.3 is 5.97 Å². The van der Waals surface area contributed by atoms with Gasteiger partial charge in [-0.25, -0.2) is 17.6 Å². The molecule has 2 aromatic carbocycles. The number of esters is 1. The third kappa shape index (κ3) is 3.70. The first-order chi connectivity index (χ1) is 14.3. The number of fused-ring (bicyclic) bond motifs is 1. The highest BCUT2D eigenvalue weighted by Gasteiger charge is 2.39. The van der Waals surface area contributed by atoms with Crippen molar-refractivity contribution in [2.45, 2.75) is 18.2 Å². The average molecular weight is 427 g/mol. The van der Waals surface area contributed by atoms with Gasteiger partial charge in [0, 0.05) is 13.1 Å². The van der Waals surface area contributed by atoms with Gasteiger partial charge in [0.25, 0.3) is 0 Å². The third-order valence-corrected chi connectivity index (χ3v) is 7.50. The van der Waals surface area contributed by atoms with E-state index in [1.165, 1.54) is 23.5 Å². The molecule has 1 aliphatic heterocycles. The highest BCUT2D eigenvalue weighted by Crippen LogP contribution is 2.41. The van der Waals surface area contributed by atoms with Crippen LogP contribution in [0.1, 0.15) is 17.5 Å². The molecule has 0 spiro atoms. The number of sulfonamides is 1. The molecule has 0 aromatic heterocycles. The molecule has 1 saturated heterocycles. The summed E-state index contributed by atoms with van der Waals surface area (Å²) in [6.07, 6.45) is 2.23. The highest BCUT2D eigenvalue weighted by atomic mass is 32.2. The summed E-state index contributed by atoms with van der Waals surface area (Å²) in [6.45, 7) is 2.47. The summed E-state index contributed by atoms with van der Waals surface area (Å²) in [4.78, 5) is 12.7. The van der Waals surface area contributed by atoms with Crippen molar-refractivity contribution >= 4 is 21.6 Å². The lowest BCUT2D eigenvalue weighted by molar-refractivity contribution is -0.135. The van der Waals surface area contributed by atoms with E-state index in [0.717, 1.165) is 22.3 Å². The summed E-state index contributed by atoms with van der Waals surface area (Å²) in [6, 6.07) is 12.7. The second-order valence-corrected chi connectivity index (χ2v) is 9.56. The average Bonchev–Trinajstić information content (AvgIpc) is 3.17. The minimum Gasteiger partial charge on any atom is -0.465 e. The number of halogens is 1. The lowest BCUT2D eigenvalue weighted by Crippen LogP contribution is -2.29. The normalized spacial score (nSPS) is 19.4. The van der Waals surface area contributed by atoms with E-state index in [4.69, 9.17) is 4.74 Å². The van der Waals surface area contributed by atoms with Crippen molar-refractivity contribution in [3.63, 3.8) is 0 Å². The van der Waals surface area contributed by atoms with Gasteiger partial charge in [-0.15, -0.1) is 0 Å². The van der Waals surface area contributed by atoms with Crippen LogP contribution in [0.3, 0.4) is 0 Å². The number of methoxy groups -OCH3 is 1.